The molecule has 12 heavy (non-hydrogen) atoms. The van der Waals surface area contributed by atoms with E-state index in [1.165, 1.54) is 30.6 Å². The molecule has 0 spiro atoms. The summed E-state index contributed by atoms with van der Waals surface area (Å²) >= 11 is 0. The van der Waals surface area contributed by atoms with E-state index in [0.717, 1.165) is 19.0 Å². The van der Waals surface area contributed by atoms with Gasteiger partial charge in [-0.15, -0.1) is 0 Å². The first kappa shape index (κ1) is 6.52. The van der Waals surface area contributed by atoms with Crippen molar-refractivity contribution >= 4 is 5.82 Å². The zero-order valence-electron chi connectivity index (χ0n) is 7.08. The van der Waals surface area contributed by atoms with Crippen molar-refractivity contribution in [2.24, 2.45) is 0 Å². The molecular formula is C9H13N3. The van der Waals surface area contributed by atoms with Crippen LogP contribution >= 0.6 is 0 Å². The van der Waals surface area contributed by atoms with Crippen LogP contribution < -0.4 is 5.32 Å². The van der Waals surface area contributed by atoms with E-state index in [0.29, 0.717) is 0 Å². The minimum absolute atomic E-state index is 0.819. The van der Waals surface area contributed by atoms with Crippen LogP contribution in [0.3, 0.4) is 0 Å². The maximum atomic E-state index is 4.37. The number of nitrogens with zero attached hydrogens (tertiary/aromatic N) is 2. The molecule has 0 atom stereocenters. The molecule has 3 heteroatoms. The Balaban J connectivity index is 2.03. The average molecular weight is 163 g/mol. The minimum atomic E-state index is 0.819. The second kappa shape index (κ2) is 2.25. The zero-order valence-corrected chi connectivity index (χ0v) is 7.08. The van der Waals surface area contributed by atoms with Gasteiger partial charge in [-0.25, -0.2) is 4.68 Å². The Bertz CT molecular complexity index is 299. The smallest absolute Gasteiger partial charge is 0.127 e. The number of rotatable bonds is 1. The number of hydrogen-bond donors (Lipinski definition) is 1. The molecule has 1 saturated carbocycles. The largest absolute Gasteiger partial charge is 0.370 e. The molecule has 1 aliphatic heterocycles. The molecule has 3 rings (SSSR count). The van der Waals surface area contributed by atoms with Crippen molar-refractivity contribution in [2.45, 2.75) is 31.7 Å². The zero-order chi connectivity index (χ0) is 7.97. The highest BCUT2D eigenvalue weighted by Crippen LogP contribution is 2.43. The van der Waals surface area contributed by atoms with E-state index in [9.17, 15) is 0 Å². The summed E-state index contributed by atoms with van der Waals surface area (Å²) in [4.78, 5) is 0. The van der Waals surface area contributed by atoms with E-state index in [4.69, 9.17) is 0 Å². The van der Waals surface area contributed by atoms with Crippen molar-refractivity contribution in [1.82, 2.24) is 9.78 Å². The fourth-order valence-electron chi connectivity index (χ4n) is 1.89. The standard InChI is InChI=1S/C9H13N3/c1-4-10-9-8(7-2-3-7)6-11-12(9)5-1/h6-7,10H,1-5H2. The average Bonchev–Trinajstić information content (AvgIpc) is 2.86. The molecule has 0 amide bonds. The Kier molecular flexibility index (Phi) is 1.22. The summed E-state index contributed by atoms with van der Waals surface area (Å²) in [6.07, 6.45) is 5.98. The number of nitrogens with one attached hydrogen (secondary N) is 1. The van der Waals surface area contributed by atoms with Crippen LogP contribution in [-0.2, 0) is 6.54 Å². The molecule has 0 saturated heterocycles. The van der Waals surface area contributed by atoms with Crippen LogP contribution in [0.5, 0.6) is 0 Å². The first-order valence-electron chi connectivity index (χ1n) is 4.75. The highest BCUT2D eigenvalue weighted by Gasteiger charge is 2.29. The predicted molar refractivity (Wildman–Crippen MR) is 47.3 cm³/mol. The van der Waals surface area contributed by atoms with Gasteiger partial charge in [0.2, 0.25) is 0 Å². The van der Waals surface area contributed by atoms with Crippen molar-refractivity contribution in [1.29, 1.82) is 0 Å². The third-order valence-corrected chi connectivity index (χ3v) is 2.72. The van der Waals surface area contributed by atoms with Crippen LogP contribution in [0.15, 0.2) is 6.20 Å². The van der Waals surface area contributed by atoms with Crippen LogP contribution in [0.1, 0.15) is 30.7 Å². The Morgan fingerprint density at radius 1 is 1.50 bits per heavy atom. The molecule has 64 valence electrons. The van der Waals surface area contributed by atoms with Gasteiger partial charge in [-0.1, -0.05) is 0 Å². The number of aromatic nitrogens is 2. The molecule has 3 nitrogen and oxygen atoms in total. The molecular weight excluding hydrogens is 150 g/mol. The highest BCUT2D eigenvalue weighted by atomic mass is 15.3. The van der Waals surface area contributed by atoms with E-state index >= 15 is 0 Å². The van der Waals surface area contributed by atoms with Gasteiger partial charge in [-0.05, 0) is 25.2 Å². The van der Waals surface area contributed by atoms with Gasteiger partial charge >= 0.3 is 0 Å². The Morgan fingerprint density at radius 2 is 2.42 bits per heavy atom. The Morgan fingerprint density at radius 3 is 3.25 bits per heavy atom. The van der Waals surface area contributed by atoms with Gasteiger partial charge in [-0.3, -0.25) is 0 Å². The summed E-state index contributed by atoms with van der Waals surface area (Å²) in [6, 6.07) is 0. The first-order chi connectivity index (χ1) is 5.95. The second-order valence-corrected chi connectivity index (χ2v) is 3.73. The molecule has 0 aromatic carbocycles. The van der Waals surface area contributed by atoms with Gasteiger partial charge in [-0.2, -0.15) is 5.10 Å². The van der Waals surface area contributed by atoms with E-state index < -0.39 is 0 Å². The van der Waals surface area contributed by atoms with Crippen LogP contribution in [0.2, 0.25) is 0 Å². The maximum absolute atomic E-state index is 4.37. The van der Waals surface area contributed by atoms with Crippen LogP contribution in [0.4, 0.5) is 5.82 Å². The van der Waals surface area contributed by atoms with Crippen molar-refractivity contribution in [2.75, 3.05) is 11.9 Å². The Hall–Kier alpha value is -0.990. The maximum Gasteiger partial charge on any atom is 0.127 e. The van der Waals surface area contributed by atoms with Crippen LogP contribution in [0.25, 0.3) is 0 Å². The lowest BCUT2D eigenvalue weighted by atomic mass is 10.2. The van der Waals surface area contributed by atoms with E-state index in [1.807, 2.05) is 6.20 Å². The SMILES string of the molecule is c1nn2c(c1C1CC1)NCCC2. The lowest BCUT2D eigenvalue weighted by Gasteiger charge is -2.16. The number of aryl methyl sites for hydroxylation is 1. The van der Waals surface area contributed by atoms with Gasteiger partial charge in [0.25, 0.3) is 0 Å². The summed E-state index contributed by atoms with van der Waals surface area (Å²) < 4.78 is 2.11. The molecule has 1 N–H and O–H groups in total. The van der Waals surface area contributed by atoms with Crippen molar-refractivity contribution in [3.05, 3.63) is 11.8 Å². The van der Waals surface area contributed by atoms with E-state index in [2.05, 4.69) is 15.1 Å². The highest BCUT2D eigenvalue weighted by molar-refractivity contribution is 5.48. The van der Waals surface area contributed by atoms with Crippen molar-refractivity contribution in [3.63, 3.8) is 0 Å². The molecule has 1 aliphatic carbocycles. The first-order valence-corrected chi connectivity index (χ1v) is 4.75. The summed E-state index contributed by atoms with van der Waals surface area (Å²) in [5.41, 5.74) is 1.45. The van der Waals surface area contributed by atoms with Gasteiger partial charge in [0, 0.05) is 18.7 Å². The topological polar surface area (TPSA) is 29.9 Å². The van der Waals surface area contributed by atoms with E-state index in [1.54, 1.807) is 0 Å². The lowest BCUT2D eigenvalue weighted by Crippen LogP contribution is -2.18. The molecule has 2 heterocycles. The van der Waals surface area contributed by atoms with Crippen molar-refractivity contribution < 1.29 is 0 Å². The normalized spacial score (nSPS) is 21.7. The number of fused-ring (bicyclic) bond motifs is 1. The van der Waals surface area contributed by atoms with Gasteiger partial charge in [0.05, 0.1) is 6.20 Å². The summed E-state index contributed by atoms with van der Waals surface area (Å²) in [5, 5.41) is 7.81. The second-order valence-electron chi connectivity index (χ2n) is 3.73. The van der Waals surface area contributed by atoms with Crippen molar-refractivity contribution in [3.8, 4) is 0 Å². The third-order valence-electron chi connectivity index (χ3n) is 2.72. The molecule has 1 aromatic rings. The fraction of sp³-hybridized carbons (Fsp3) is 0.667. The lowest BCUT2D eigenvalue weighted by molar-refractivity contribution is 0.567. The molecule has 0 radical (unpaired) electrons. The molecule has 1 aromatic heterocycles. The number of hydrogen-bond acceptors (Lipinski definition) is 2. The van der Waals surface area contributed by atoms with Crippen LogP contribution in [0, 0.1) is 0 Å². The Labute approximate surface area is 71.8 Å². The molecule has 0 unspecified atom stereocenters. The fourth-order valence-corrected chi connectivity index (χ4v) is 1.89. The van der Waals surface area contributed by atoms with Gasteiger partial charge in [0.1, 0.15) is 5.82 Å². The number of anilines is 1. The minimum Gasteiger partial charge on any atom is -0.370 e. The monoisotopic (exact) mass is 163 g/mol. The van der Waals surface area contributed by atoms with E-state index in [-0.39, 0.29) is 0 Å². The van der Waals surface area contributed by atoms with Gasteiger partial charge in [0.15, 0.2) is 0 Å². The summed E-state index contributed by atoms with van der Waals surface area (Å²) in [7, 11) is 0. The van der Waals surface area contributed by atoms with Crippen LogP contribution in [-0.4, -0.2) is 16.3 Å². The predicted octanol–water partition coefficient (Wildman–Crippen LogP) is 1.58. The van der Waals surface area contributed by atoms with Gasteiger partial charge < -0.3 is 5.32 Å². The quantitative estimate of drug-likeness (QED) is 0.681. The molecule has 2 aliphatic rings. The third kappa shape index (κ3) is 0.854. The molecule has 1 fully saturated rings. The summed E-state index contributed by atoms with van der Waals surface area (Å²) in [6.45, 7) is 2.21. The summed E-state index contributed by atoms with van der Waals surface area (Å²) in [5.74, 6) is 2.11. The molecule has 0 bridgehead atoms.